The first-order valence-electron chi connectivity index (χ1n) is 11.7. The predicted octanol–water partition coefficient (Wildman–Crippen LogP) is 5.60. The van der Waals surface area contributed by atoms with E-state index in [0.29, 0.717) is 36.4 Å². The number of ether oxygens (including phenoxy) is 1. The molecule has 0 bridgehead atoms. The summed E-state index contributed by atoms with van der Waals surface area (Å²) in [5, 5.41) is 4.50. The van der Waals surface area contributed by atoms with E-state index in [1.54, 1.807) is 10.7 Å². The maximum Gasteiger partial charge on any atom is 0.394 e. The van der Waals surface area contributed by atoms with Crippen LogP contribution in [0.4, 0.5) is 13.2 Å². The number of halogens is 3. The molecule has 0 aliphatic carbocycles. The quantitative estimate of drug-likeness (QED) is 0.375. The molecule has 1 aliphatic rings. The molecule has 1 aromatic carbocycles. The summed E-state index contributed by atoms with van der Waals surface area (Å²) in [6.07, 6.45) is -1.04. The molecule has 0 saturated carbocycles. The van der Waals surface area contributed by atoms with Crippen LogP contribution in [0.3, 0.4) is 0 Å². The van der Waals surface area contributed by atoms with E-state index in [4.69, 9.17) is 0 Å². The summed E-state index contributed by atoms with van der Waals surface area (Å²) in [6.45, 7) is 6.23. The van der Waals surface area contributed by atoms with Crippen LogP contribution in [0.5, 0.6) is 5.75 Å². The first kappa shape index (κ1) is 26.1. The van der Waals surface area contributed by atoms with E-state index in [1.807, 2.05) is 20.8 Å². The first-order chi connectivity index (χ1) is 16.7. The Morgan fingerprint density at radius 1 is 1.22 bits per heavy atom. The molecule has 1 saturated heterocycles. The van der Waals surface area contributed by atoms with Gasteiger partial charge in [0, 0.05) is 36.7 Å². The molecule has 1 fully saturated rings. The fourth-order valence-electron chi connectivity index (χ4n) is 4.40. The van der Waals surface area contributed by atoms with Crippen molar-refractivity contribution in [2.45, 2.75) is 59.1 Å². The molecule has 0 radical (unpaired) electrons. The van der Waals surface area contributed by atoms with Crippen molar-refractivity contribution in [1.82, 2.24) is 14.8 Å². The van der Waals surface area contributed by atoms with E-state index in [2.05, 4.69) is 14.8 Å². The molecule has 0 spiro atoms. The fourth-order valence-corrected chi connectivity index (χ4v) is 6.21. The SMILES string of the molecule is CC(C)n1nc(-c2cc(OC(C)(F)F)ccc2F)c2ncc(C(=O)CC3(C)CCS(=O)(=O)CC3)cc21. The molecule has 2 aromatic heterocycles. The topological polar surface area (TPSA) is 91.2 Å². The van der Waals surface area contributed by atoms with Gasteiger partial charge in [-0.1, -0.05) is 6.92 Å². The molecule has 7 nitrogen and oxygen atoms in total. The largest absolute Gasteiger partial charge is 0.433 e. The zero-order valence-electron chi connectivity index (χ0n) is 20.5. The third-order valence-electron chi connectivity index (χ3n) is 6.47. The van der Waals surface area contributed by atoms with Crippen LogP contribution in [-0.2, 0) is 9.84 Å². The average Bonchev–Trinajstić information content (AvgIpc) is 3.15. The highest BCUT2D eigenvalue weighted by Gasteiger charge is 2.35. The summed E-state index contributed by atoms with van der Waals surface area (Å²) in [5.74, 6) is -0.943. The summed E-state index contributed by atoms with van der Waals surface area (Å²) in [5.41, 5.74) is 0.816. The average molecular weight is 524 g/mol. The van der Waals surface area contributed by atoms with Crippen LogP contribution < -0.4 is 4.74 Å². The van der Waals surface area contributed by atoms with Crippen molar-refractivity contribution in [3.63, 3.8) is 0 Å². The minimum Gasteiger partial charge on any atom is -0.433 e. The summed E-state index contributed by atoms with van der Waals surface area (Å²) in [7, 11) is -3.06. The number of ketones is 1. The molecule has 0 atom stereocenters. The monoisotopic (exact) mass is 523 g/mol. The van der Waals surface area contributed by atoms with Gasteiger partial charge in [0.1, 0.15) is 32.6 Å². The number of carbonyl (C=O) groups excluding carboxylic acids is 1. The van der Waals surface area contributed by atoms with Crippen LogP contribution in [0, 0.1) is 11.2 Å². The molecule has 11 heteroatoms. The number of alkyl halides is 2. The number of aromatic nitrogens is 3. The number of Topliss-reactive ketones (excluding diaryl/α,β-unsaturated/α-hetero) is 1. The van der Waals surface area contributed by atoms with Gasteiger partial charge in [-0.05, 0) is 56.4 Å². The van der Waals surface area contributed by atoms with Gasteiger partial charge in [0.15, 0.2) is 5.78 Å². The van der Waals surface area contributed by atoms with Crippen molar-refractivity contribution in [2.75, 3.05) is 11.5 Å². The van der Waals surface area contributed by atoms with Crippen LogP contribution >= 0.6 is 0 Å². The van der Waals surface area contributed by atoms with E-state index < -0.39 is 27.2 Å². The van der Waals surface area contributed by atoms with E-state index in [-0.39, 0.29) is 46.8 Å². The highest BCUT2D eigenvalue weighted by Crippen LogP contribution is 2.38. The van der Waals surface area contributed by atoms with Gasteiger partial charge in [0.25, 0.3) is 0 Å². The van der Waals surface area contributed by atoms with Crippen molar-refractivity contribution >= 4 is 26.7 Å². The van der Waals surface area contributed by atoms with Gasteiger partial charge in [0.05, 0.1) is 17.0 Å². The first-order valence-corrected chi connectivity index (χ1v) is 13.5. The van der Waals surface area contributed by atoms with E-state index in [9.17, 15) is 26.4 Å². The number of benzene rings is 1. The van der Waals surface area contributed by atoms with E-state index in [1.165, 1.54) is 6.20 Å². The van der Waals surface area contributed by atoms with Crippen molar-refractivity contribution in [3.05, 3.63) is 41.8 Å². The third-order valence-corrected chi connectivity index (χ3v) is 8.12. The highest BCUT2D eigenvalue weighted by molar-refractivity contribution is 7.91. The van der Waals surface area contributed by atoms with Crippen molar-refractivity contribution in [1.29, 1.82) is 0 Å². The number of nitrogens with zero attached hydrogens (tertiary/aromatic N) is 3. The Balaban J connectivity index is 1.71. The minimum absolute atomic E-state index is 0.0522. The van der Waals surface area contributed by atoms with Crippen LogP contribution in [0.25, 0.3) is 22.3 Å². The Morgan fingerprint density at radius 2 is 1.89 bits per heavy atom. The number of hydrogen-bond acceptors (Lipinski definition) is 6. The Kier molecular flexibility index (Phi) is 6.65. The molecule has 4 rings (SSSR count). The van der Waals surface area contributed by atoms with Crippen molar-refractivity contribution in [2.24, 2.45) is 5.41 Å². The molecular weight excluding hydrogens is 495 g/mol. The number of hydrogen-bond donors (Lipinski definition) is 0. The van der Waals surface area contributed by atoms with Crippen LogP contribution in [0.2, 0.25) is 0 Å². The molecule has 194 valence electrons. The Morgan fingerprint density at radius 3 is 2.50 bits per heavy atom. The minimum atomic E-state index is -3.44. The van der Waals surface area contributed by atoms with E-state index >= 15 is 0 Å². The summed E-state index contributed by atoms with van der Waals surface area (Å²) in [4.78, 5) is 17.6. The van der Waals surface area contributed by atoms with E-state index in [0.717, 1.165) is 18.2 Å². The van der Waals surface area contributed by atoms with Crippen molar-refractivity contribution < 1.29 is 31.1 Å². The second-order valence-electron chi connectivity index (χ2n) is 10.1. The lowest BCUT2D eigenvalue weighted by molar-refractivity contribution is -0.158. The zero-order chi connectivity index (χ0) is 26.5. The smallest absolute Gasteiger partial charge is 0.394 e. The number of sulfone groups is 1. The molecule has 1 aliphatic heterocycles. The lowest BCUT2D eigenvalue weighted by Gasteiger charge is -2.32. The lowest BCUT2D eigenvalue weighted by atomic mass is 9.78. The molecule has 0 unspecified atom stereocenters. The zero-order valence-corrected chi connectivity index (χ0v) is 21.3. The van der Waals surface area contributed by atoms with Gasteiger partial charge >= 0.3 is 6.11 Å². The molecule has 3 heterocycles. The Hall–Kier alpha value is -2.95. The summed E-state index contributed by atoms with van der Waals surface area (Å²) in [6, 6.07) is 4.76. The standard InChI is InChI=1S/C25H28F3N3O4S/c1-15(2)31-20-11-16(21(32)13-24(3)7-9-36(33,34)10-8-24)14-29-23(20)22(30-31)18-12-17(5-6-19(18)26)35-25(4,27)28/h5-6,11-12,14-15H,7-10,13H2,1-4H3. The van der Waals surface area contributed by atoms with Gasteiger partial charge in [-0.2, -0.15) is 13.9 Å². The van der Waals surface area contributed by atoms with Crippen LogP contribution in [0.15, 0.2) is 30.5 Å². The lowest BCUT2D eigenvalue weighted by Crippen LogP contribution is -2.33. The van der Waals surface area contributed by atoms with Crippen LogP contribution in [-0.4, -0.2) is 46.6 Å². The second kappa shape index (κ2) is 9.17. The molecule has 36 heavy (non-hydrogen) atoms. The molecule has 0 amide bonds. The summed E-state index contributed by atoms with van der Waals surface area (Å²) < 4.78 is 71.3. The van der Waals surface area contributed by atoms with Gasteiger partial charge < -0.3 is 4.74 Å². The second-order valence-corrected chi connectivity index (χ2v) is 12.4. The molecule has 3 aromatic rings. The van der Waals surface area contributed by atoms with Crippen LogP contribution in [0.1, 0.15) is 63.4 Å². The van der Waals surface area contributed by atoms with Gasteiger partial charge in [-0.25, -0.2) is 12.8 Å². The number of pyridine rings is 1. The third kappa shape index (κ3) is 5.55. The molecule has 0 N–H and O–H groups in total. The number of rotatable bonds is 7. The normalized spacial score (nSPS) is 17.4. The Labute approximate surface area is 207 Å². The summed E-state index contributed by atoms with van der Waals surface area (Å²) >= 11 is 0. The van der Waals surface area contributed by atoms with Crippen molar-refractivity contribution in [3.8, 4) is 17.0 Å². The fraction of sp³-hybridized carbons (Fsp3) is 0.480. The maximum absolute atomic E-state index is 14.8. The maximum atomic E-state index is 14.8. The van der Waals surface area contributed by atoms with Gasteiger partial charge in [0.2, 0.25) is 0 Å². The number of carbonyl (C=O) groups is 1. The number of fused-ring (bicyclic) bond motifs is 1. The van der Waals surface area contributed by atoms with Gasteiger partial charge in [-0.15, -0.1) is 0 Å². The Bertz CT molecular complexity index is 1410. The highest BCUT2D eigenvalue weighted by atomic mass is 32.2. The predicted molar refractivity (Wildman–Crippen MR) is 129 cm³/mol. The van der Waals surface area contributed by atoms with Gasteiger partial charge in [-0.3, -0.25) is 14.5 Å². The molecular formula is C25H28F3N3O4S.